The predicted octanol–water partition coefficient (Wildman–Crippen LogP) is 4.10. The maximum atomic E-state index is 12.9. The number of amides is 1. The van der Waals surface area contributed by atoms with Gasteiger partial charge in [-0.15, -0.1) is 11.8 Å². The first-order valence-corrected chi connectivity index (χ1v) is 9.71. The first-order valence-electron chi connectivity index (χ1n) is 8.55. The third-order valence-electron chi connectivity index (χ3n) is 4.34. The number of carbonyl (C=O) groups excluding carboxylic acids is 1. The van der Waals surface area contributed by atoms with Gasteiger partial charge in [-0.2, -0.15) is 0 Å². The fraction of sp³-hybridized carbons (Fsp3) is 0.238. The molecule has 1 aromatic heterocycles. The van der Waals surface area contributed by atoms with Gasteiger partial charge in [-0.25, -0.2) is 9.18 Å². The average Bonchev–Trinajstić information content (AvgIpc) is 2.63. The van der Waals surface area contributed by atoms with Gasteiger partial charge in [0, 0.05) is 23.8 Å². The Morgan fingerprint density at radius 3 is 2.56 bits per heavy atom. The number of halogens is 1. The van der Waals surface area contributed by atoms with Crippen LogP contribution in [0, 0.1) is 19.7 Å². The van der Waals surface area contributed by atoms with Gasteiger partial charge in [-0.05, 0) is 60.4 Å². The highest BCUT2D eigenvalue weighted by Gasteiger charge is 2.09. The molecule has 0 radical (unpaired) electrons. The van der Waals surface area contributed by atoms with Crippen LogP contribution in [0.25, 0.3) is 11.0 Å². The molecule has 1 amide bonds. The lowest BCUT2D eigenvalue weighted by molar-refractivity contribution is -0.118. The molecule has 1 N–H and O–H groups in total. The molecule has 0 fully saturated rings. The van der Waals surface area contributed by atoms with E-state index < -0.39 is 0 Å². The smallest absolute Gasteiger partial charge is 0.336 e. The topological polar surface area (TPSA) is 59.3 Å². The van der Waals surface area contributed by atoms with Crippen molar-refractivity contribution in [3.05, 3.63) is 81.0 Å². The molecular formula is C21H20FNO3S. The molecule has 0 aliphatic rings. The number of thioether (sulfide) groups is 1. The van der Waals surface area contributed by atoms with Crippen molar-refractivity contribution in [2.75, 3.05) is 5.75 Å². The molecule has 0 atom stereocenters. The lowest BCUT2D eigenvalue weighted by Crippen LogP contribution is -2.24. The second-order valence-corrected chi connectivity index (χ2v) is 7.40. The summed E-state index contributed by atoms with van der Waals surface area (Å²) >= 11 is 1.43. The highest BCUT2D eigenvalue weighted by atomic mass is 32.2. The average molecular weight is 385 g/mol. The van der Waals surface area contributed by atoms with Crippen LogP contribution in [0.2, 0.25) is 0 Å². The molecule has 3 aromatic rings. The van der Waals surface area contributed by atoms with Crippen LogP contribution >= 0.6 is 11.8 Å². The monoisotopic (exact) mass is 385 g/mol. The molecule has 1 heterocycles. The van der Waals surface area contributed by atoms with E-state index in [0.717, 1.165) is 27.6 Å². The number of benzene rings is 2. The summed E-state index contributed by atoms with van der Waals surface area (Å²) in [6, 6.07) is 11.4. The summed E-state index contributed by atoms with van der Waals surface area (Å²) in [5, 5.41) is 3.71. The molecule has 140 valence electrons. The van der Waals surface area contributed by atoms with Crippen LogP contribution in [-0.2, 0) is 17.1 Å². The Balaban J connectivity index is 1.60. The molecule has 3 rings (SSSR count). The zero-order valence-electron chi connectivity index (χ0n) is 15.2. The van der Waals surface area contributed by atoms with Crippen molar-refractivity contribution in [1.29, 1.82) is 0 Å². The standard InChI is InChI=1S/C21H20FNO3S/c1-13-7-18-16(9-21(25)26-19(18)8-14(13)2)11-27-12-20(24)23-10-15-3-5-17(22)6-4-15/h3-9H,10-12H2,1-2H3,(H,23,24). The van der Waals surface area contributed by atoms with Crippen LogP contribution in [-0.4, -0.2) is 11.7 Å². The summed E-state index contributed by atoms with van der Waals surface area (Å²) in [6.07, 6.45) is 0. The lowest BCUT2D eigenvalue weighted by atomic mass is 10.0. The molecule has 4 nitrogen and oxygen atoms in total. The Hall–Kier alpha value is -2.60. The summed E-state index contributed by atoms with van der Waals surface area (Å²) < 4.78 is 18.2. The van der Waals surface area contributed by atoms with E-state index in [0.29, 0.717) is 17.9 Å². The van der Waals surface area contributed by atoms with Crippen molar-refractivity contribution >= 4 is 28.6 Å². The Bertz CT molecular complexity index is 1030. The van der Waals surface area contributed by atoms with Gasteiger partial charge >= 0.3 is 5.63 Å². The van der Waals surface area contributed by atoms with E-state index in [1.54, 1.807) is 12.1 Å². The molecule has 0 bridgehead atoms. The van der Waals surface area contributed by atoms with Gasteiger partial charge in [-0.3, -0.25) is 4.79 Å². The van der Waals surface area contributed by atoms with Gasteiger partial charge < -0.3 is 9.73 Å². The van der Waals surface area contributed by atoms with Crippen LogP contribution < -0.4 is 10.9 Å². The number of aryl methyl sites for hydroxylation is 2. The molecule has 0 saturated carbocycles. The maximum absolute atomic E-state index is 12.9. The summed E-state index contributed by atoms with van der Waals surface area (Å²) in [5.74, 6) is 0.400. The van der Waals surface area contributed by atoms with Gasteiger partial charge in [0.15, 0.2) is 0 Å². The van der Waals surface area contributed by atoms with E-state index in [4.69, 9.17) is 4.42 Å². The fourth-order valence-corrected chi connectivity index (χ4v) is 3.56. The molecule has 2 aromatic carbocycles. The van der Waals surface area contributed by atoms with Crippen LogP contribution in [0.3, 0.4) is 0 Å². The third kappa shape index (κ3) is 4.98. The highest BCUT2D eigenvalue weighted by molar-refractivity contribution is 7.99. The molecule has 0 aliphatic heterocycles. The molecule has 27 heavy (non-hydrogen) atoms. The largest absolute Gasteiger partial charge is 0.423 e. The van der Waals surface area contributed by atoms with Gasteiger partial charge in [0.1, 0.15) is 11.4 Å². The van der Waals surface area contributed by atoms with Crippen LogP contribution in [0.1, 0.15) is 22.3 Å². The van der Waals surface area contributed by atoms with Crippen LogP contribution in [0.5, 0.6) is 0 Å². The fourth-order valence-electron chi connectivity index (χ4n) is 2.71. The second kappa shape index (κ2) is 8.39. The van der Waals surface area contributed by atoms with E-state index in [-0.39, 0.29) is 23.1 Å². The van der Waals surface area contributed by atoms with Crippen molar-refractivity contribution in [1.82, 2.24) is 5.32 Å². The van der Waals surface area contributed by atoms with E-state index in [1.807, 2.05) is 26.0 Å². The zero-order valence-corrected chi connectivity index (χ0v) is 16.0. The third-order valence-corrected chi connectivity index (χ3v) is 5.32. The zero-order chi connectivity index (χ0) is 19.4. The van der Waals surface area contributed by atoms with Crippen LogP contribution in [0.4, 0.5) is 4.39 Å². The molecular weight excluding hydrogens is 365 g/mol. The minimum absolute atomic E-state index is 0.108. The maximum Gasteiger partial charge on any atom is 0.336 e. The van der Waals surface area contributed by atoms with Crippen molar-refractivity contribution in [2.45, 2.75) is 26.1 Å². The SMILES string of the molecule is Cc1cc2oc(=O)cc(CSCC(=O)NCc3ccc(F)cc3)c2cc1C. The van der Waals surface area contributed by atoms with Crippen molar-refractivity contribution < 1.29 is 13.6 Å². The molecule has 0 spiro atoms. The molecule has 0 aliphatic carbocycles. The quantitative estimate of drug-likeness (QED) is 0.649. The van der Waals surface area contributed by atoms with Crippen molar-refractivity contribution in [3.8, 4) is 0 Å². The predicted molar refractivity (Wildman–Crippen MR) is 106 cm³/mol. The minimum Gasteiger partial charge on any atom is -0.423 e. The summed E-state index contributed by atoms with van der Waals surface area (Å²) in [7, 11) is 0. The number of nitrogens with one attached hydrogen (secondary N) is 1. The Kier molecular flexibility index (Phi) is 5.96. The Morgan fingerprint density at radius 1 is 1.11 bits per heavy atom. The number of rotatable bonds is 6. The second-order valence-electron chi connectivity index (χ2n) is 6.42. The first-order chi connectivity index (χ1) is 12.9. The van der Waals surface area contributed by atoms with Crippen LogP contribution in [0.15, 0.2) is 51.7 Å². The van der Waals surface area contributed by atoms with E-state index in [9.17, 15) is 14.0 Å². The van der Waals surface area contributed by atoms with Gasteiger partial charge in [-0.1, -0.05) is 12.1 Å². The van der Waals surface area contributed by atoms with Gasteiger partial charge in [0.2, 0.25) is 5.91 Å². The summed E-state index contributed by atoms with van der Waals surface area (Å²) in [6.45, 7) is 4.34. The van der Waals surface area contributed by atoms with E-state index >= 15 is 0 Å². The number of hydrogen-bond donors (Lipinski definition) is 1. The molecule has 0 unspecified atom stereocenters. The normalized spacial score (nSPS) is 10.9. The number of carbonyl (C=O) groups is 1. The first kappa shape index (κ1) is 19.2. The van der Waals surface area contributed by atoms with Gasteiger partial charge in [0.25, 0.3) is 0 Å². The Labute approximate surface area is 160 Å². The summed E-state index contributed by atoms with van der Waals surface area (Å²) in [4.78, 5) is 23.8. The Morgan fingerprint density at radius 2 is 1.81 bits per heavy atom. The highest BCUT2D eigenvalue weighted by Crippen LogP contribution is 2.24. The molecule has 6 heteroatoms. The summed E-state index contributed by atoms with van der Waals surface area (Å²) in [5.41, 5.74) is 4.08. The van der Waals surface area contributed by atoms with E-state index in [2.05, 4.69) is 5.32 Å². The van der Waals surface area contributed by atoms with Gasteiger partial charge in [0.05, 0.1) is 5.75 Å². The lowest BCUT2D eigenvalue weighted by Gasteiger charge is -2.09. The van der Waals surface area contributed by atoms with Crippen molar-refractivity contribution in [2.24, 2.45) is 0 Å². The minimum atomic E-state index is -0.387. The molecule has 0 saturated heterocycles. The van der Waals surface area contributed by atoms with E-state index in [1.165, 1.54) is 30.0 Å². The van der Waals surface area contributed by atoms with Crippen molar-refractivity contribution in [3.63, 3.8) is 0 Å². The number of hydrogen-bond acceptors (Lipinski definition) is 4. The number of fused-ring (bicyclic) bond motifs is 1.